The van der Waals surface area contributed by atoms with E-state index in [9.17, 15) is 0 Å². The van der Waals surface area contributed by atoms with E-state index in [2.05, 4.69) is 0 Å². The van der Waals surface area contributed by atoms with E-state index in [0.717, 1.165) is 12.3 Å². The average molecular weight is 186 g/mol. The third kappa shape index (κ3) is 2.03. The smallest absolute Gasteiger partial charge is 0.107 e. The topological polar surface area (TPSA) is 27.7 Å². The van der Waals surface area contributed by atoms with Crippen molar-refractivity contribution in [1.29, 1.82) is 0 Å². The monoisotopic (exact) mass is 186 g/mol. The second-order valence-corrected chi connectivity index (χ2v) is 4.02. The summed E-state index contributed by atoms with van der Waals surface area (Å²) in [7, 11) is 3.46. The van der Waals surface area contributed by atoms with Gasteiger partial charge in [-0.1, -0.05) is 0 Å². The molecule has 0 aromatic carbocycles. The van der Waals surface area contributed by atoms with Gasteiger partial charge in [-0.2, -0.15) is 0 Å². The molecule has 3 heteroatoms. The molecular weight excluding hydrogens is 168 g/mol. The molecule has 3 nitrogen and oxygen atoms in total. The first-order valence-corrected chi connectivity index (χ1v) is 5.02. The fourth-order valence-electron chi connectivity index (χ4n) is 2.08. The van der Waals surface area contributed by atoms with Crippen LogP contribution in [0, 0.1) is 5.92 Å². The third-order valence-corrected chi connectivity index (χ3v) is 3.01. The molecule has 3 unspecified atom stereocenters. The molecule has 2 fully saturated rings. The summed E-state index contributed by atoms with van der Waals surface area (Å²) in [5.41, 5.74) is 0. The van der Waals surface area contributed by atoms with Gasteiger partial charge in [-0.15, -0.1) is 0 Å². The van der Waals surface area contributed by atoms with Crippen molar-refractivity contribution in [3.8, 4) is 0 Å². The van der Waals surface area contributed by atoms with Crippen LogP contribution in [0.3, 0.4) is 0 Å². The Morgan fingerprint density at radius 3 is 2.62 bits per heavy atom. The van der Waals surface area contributed by atoms with E-state index in [1.807, 2.05) is 0 Å². The molecule has 0 N–H and O–H groups in total. The second-order valence-electron chi connectivity index (χ2n) is 4.02. The van der Waals surface area contributed by atoms with Crippen molar-refractivity contribution in [2.75, 3.05) is 20.8 Å². The summed E-state index contributed by atoms with van der Waals surface area (Å²) in [5.74, 6) is 0.805. The normalized spacial score (nSPS) is 39.7. The van der Waals surface area contributed by atoms with Gasteiger partial charge < -0.3 is 14.2 Å². The Morgan fingerprint density at radius 2 is 2.08 bits per heavy atom. The van der Waals surface area contributed by atoms with E-state index >= 15 is 0 Å². The lowest BCUT2D eigenvalue weighted by Crippen LogP contribution is -2.27. The molecule has 2 rings (SSSR count). The minimum absolute atomic E-state index is 0.153. The Balaban J connectivity index is 1.86. The van der Waals surface area contributed by atoms with Crippen molar-refractivity contribution in [1.82, 2.24) is 0 Å². The summed E-state index contributed by atoms with van der Waals surface area (Å²) in [6, 6.07) is 0. The summed E-state index contributed by atoms with van der Waals surface area (Å²) < 4.78 is 16.4. The van der Waals surface area contributed by atoms with E-state index in [1.54, 1.807) is 14.2 Å². The molecule has 0 spiro atoms. The highest BCUT2D eigenvalue weighted by molar-refractivity contribution is 4.91. The molecule has 1 heterocycles. The van der Waals surface area contributed by atoms with Crippen LogP contribution in [0.5, 0.6) is 0 Å². The van der Waals surface area contributed by atoms with Crippen LogP contribution in [0.25, 0.3) is 0 Å². The predicted octanol–water partition coefficient (Wildman–Crippen LogP) is 1.22. The van der Waals surface area contributed by atoms with Gasteiger partial charge in [0.15, 0.2) is 0 Å². The molecule has 1 saturated carbocycles. The van der Waals surface area contributed by atoms with Crippen molar-refractivity contribution in [3.63, 3.8) is 0 Å². The van der Waals surface area contributed by atoms with Gasteiger partial charge in [-0.05, 0) is 18.8 Å². The molecule has 0 aromatic heterocycles. The van der Waals surface area contributed by atoms with Gasteiger partial charge in [-0.25, -0.2) is 0 Å². The lowest BCUT2D eigenvalue weighted by molar-refractivity contribution is -0.0477. The van der Waals surface area contributed by atoms with Gasteiger partial charge in [0.2, 0.25) is 0 Å². The molecule has 1 aliphatic carbocycles. The molecule has 0 amide bonds. The molecule has 0 aromatic rings. The van der Waals surface area contributed by atoms with Crippen LogP contribution in [0.4, 0.5) is 0 Å². The number of ether oxygens (including phenoxy) is 3. The van der Waals surface area contributed by atoms with Crippen LogP contribution < -0.4 is 0 Å². The van der Waals surface area contributed by atoms with Crippen LogP contribution in [0.15, 0.2) is 0 Å². The maximum atomic E-state index is 5.88. The Labute approximate surface area is 79.4 Å². The summed E-state index contributed by atoms with van der Waals surface area (Å²) in [6.45, 7) is 0.654. The van der Waals surface area contributed by atoms with Gasteiger partial charge in [0.25, 0.3) is 0 Å². The zero-order valence-electron chi connectivity index (χ0n) is 8.36. The molecule has 13 heavy (non-hydrogen) atoms. The molecule has 0 bridgehead atoms. The molecule has 1 aliphatic heterocycles. The Kier molecular flexibility index (Phi) is 2.86. The minimum atomic E-state index is 0.153. The zero-order chi connectivity index (χ0) is 9.26. The number of hydrogen-bond donors (Lipinski definition) is 0. The fourth-order valence-corrected chi connectivity index (χ4v) is 2.08. The molecule has 1 saturated heterocycles. The highest BCUT2D eigenvalue weighted by Gasteiger charge is 2.42. The number of methoxy groups -OCH3 is 2. The van der Waals surface area contributed by atoms with Crippen LogP contribution in [-0.4, -0.2) is 39.1 Å². The lowest BCUT2D eigenvalue weighted by atomic mass is 10.1. The average Bonchev–Trinajstić information content (AvgIpc) is 2.90. The van der Waals surface area contributed by atoms with Gasteiger partial charge in [-0.3, -0.25) is 0 Å². The van der Waals surface area contributed by atoms with Crippen LogP contribution in [0.2, 0.25) is 0 Å². The molecule has 76 valence electrons. The van der Waals surface area contributed by atoms with Crippen molar-refractivity contribution in [2.24, 2.45) is 5.92 Å². The van der Waals surface area contributed by atoms with E-state index in [-0.39, 0.29) is 12.2 Å². The van der Waals surface area contributed by atoms with E-state index < -0.39 is 0 Å². The Hall–Kier alpha value is -0.120. The highest BCUT2D eigenvalue weighted by Crippen LogP contribution is 2.40. The first kappa shape index (κ1) is 9.44. The van der Waals surface area contributed by atoms with Crippen LogP contribution >= 0.6 is 0 Å². The summed E-state index contributed by atoms with van der Waals surface area (Å²) in [6.07, 6.45) is 4.55. The molecule has 3 atom stereocenters. The molecule has 2 aliphatic rings. The Morgan fingerprint density at radius 1 is 1.31 bits per heavy atom. The standard InChI is InChI=1S/C10H18O3/c1-11-6-10-9(12-2)5-8(13-10)7-3-4-7/h7-10H,3-6H2,1-2H3. The SMILES string of the molecule is COCC1OC(C2CC2)CC1OC. The first-order valence-electron chi connectivity index (χ1n) is 5.02. The maximum Gasteiger partial charge on any atom is 0.107 e. The number of hydrogen-bond acceptors (Lipinski definition) is 3. The fraction of sp³-hybridized carbons (Fsp3) is 1.00. The van der Waals surface area contributed by atoms with Crippen molar-refractivity contribution < 1.29 is 14.2 Å². The lowest BCUT2D eigenvalue weighted by Gasteiger charge is -2.15. The highest BCUT2D eigenvalue weighted by atomic mass is 16.6. The van der Waals surface area contributed by atoms with E-state index in [0.29, 0.717) is 12.7 Å². The van der Waals surface area contributed by atoms with Crippen molar-refractivity contribution in [3.05, 3.63) is 0 Å². The molecule has 0 radical (unpaired) electrons. The van der Waals surface area contributed by atoms with Crippen molar-refractivity contribution >= 4 is 0 Å². The van der Waals surface area contributed by atoms with E-state index in [4.69, 9.17) is 14.2 Å². The minimum Gasteiger partial charge on any atom is -0.382 e. The summed E-state index contributed by atoms with van der Waals surface area (Å²) in [5, 5.41) is 0. The van der Waals surface area contributed by atoms with Crippen LogP contribution in [0.1, 0.15) is 19.3 Å². The summed E-state index contributed by atoms with van der Waals surface area (Å²) in [4.78, 5) is 0. The third-order valence-electron chi connectivity index (χ3n) is 3.01. The van der Waals surface area contributed by atoms with E-state index in [1.165, 1.54) is 12.8 Å². The Bertz CT molecular complexity index is 168. The zero-order valence-corrected chi connectivity index (χ0v) is 8.36. The largest absolute Gasteiger partial charge is 0.382 e. The quantitative estimate of drug-likeness (QED) is 0.660. The number of rotatable bonds is 4. The molecular formula is C10H18O3. The maximum absolute atomic E-state index is 5.88. The van der Waals surface area contributed by atoms with Crippen molar-refractivity contribution in [2.45, 2.75) is 37.6 Å². The summed E-state index contributed by atoms with van der Waals surface area (Å²) >= 11 is 0. The van der Waals surface area contributed by atoms with Gasteiger partial charge in [0, 0.05) is 20.6 Å². The van der Waals surface area contributed by atoms with Crippen LogP contribution in [-0.2, 0) is 14.2 Å². The second kappa shape index (κ2) is 3.95. The predicted molar refractivity (Wildman–Crippen MR) is 48.7 cm³/mol. The first-order chi connectivity index (χ1) is 6.35. The van der Waals surface area contributed by atoms with Gasteiger partial charge >= 0.3 is 0 Å². The van der Waals surface area contributed by atoms with Gasteiger partial charge in [0.05, 0.1) is 18.8 Å². The van der Waals surface area contributed by atoms with Gasteiger partial charge in [0.1, 0.15) is 6.10 Å².